The number of anilines is 3. The number of carbonyl (C=O) groups is 4. The van der Waals surface area contributed by atoms with E-state index < -0.39 is 56.4 Å². The predicted octanol–water partition coefficient (Wildman–Crippen LogP) is 1.01. The number of aromatic nitrogens is 3. The number of nitrogens with zero attached hydrogens (tertiary/aromatic N) is 6. The van der Waals surface area contributed by atoms with Gasteiger partial charge in [0.25, 0.3) is 11.8 Å². The summed E-state index contributed by atoms with van der Waals surface area (Å²) in [6.07, 6.45) is 1.41. The molecule has 4 aromatic rings. The molecule has 10 N–H and O–H groups in total. The number of nitrogens with one attached hydrogen (secondary N) is 3. The van der Waals surface area contributed by atoms with E-state index in [1.165, 1.54) is 30.4 Å². The third kappa shape index (κ3) is 16.5. The van der Waals surface area contributed by atoms with Crippen LogP contribution in [0.5, 0.6) is 11.5 Å². The second-order valence-electron chi connectivity index (χ2n) is 18.6. The van der Waals surface area contributed by atoms with E-state index in [4.69, 9.17) is 33.7 Å². The first-order chi connectivity index (χ1) is 36.6. The molecule has 0 spiro atoms. The van der Waals surface area contributed by atoms with Crippen LogP contribution in [0.1, 0.15) is 55.7 Å². The zero-order chi connectivity index (χ0) is 54.2. The second-order valence-corrected chi connectivity index (χ2v) is 20.2. The fourth-order valence-electron chi connectivity index (χ4n) is 8.69. The molecule has 416 valence electrons. The first-order valence-corrected chi connectivity index (χ1v) is 27.1. The molecule has 5 heterocycles. The minimum absolute atomic E-state index is 0.00454. The molecule has 76 heavy (non-hydrogen) atoms. The van der Waals surface area contributed by atoms with E-state index in [1.54, 1.807) is 7.11 Å². The van der Waals surface area contributed by atoms with Gasteiger partial charge >= 0.3 is 272 Å². The van der Waals surface area contributed by atoms with Gasteiger partial charge in [-0.3, -0.25) is 14.5 Å². The van der Waals surface area contributed by atoms with Gasteiger partial charge in [-0.2, -0.15) is 4.98 Å². The molecule has 2 saturated heterocycles. The monoisotopic (exact) mass is 1080 g/mol. The molecule has 2 fully saturated rings. The van der Waals surface area contributed by atoms with Crippen molar-refractivity contribution in [3.63, 3.8) is 0 Å². The zero-order valence-corrected chi connectivity index (χ0v) is 43.8. The van der Waals surface area contributed by atoms with E-state index in [9.17, 15) is 44.3 Å². The number of aliphatic hydroxyl groups is 3. The van der Waals surface area contributed by atoms with Gasteiger partial charge in [-0.05, 0) is 12.5 Å². The number of nitrogen functional groups attached to an aromatic ring is 1. The molecule has 3 aliphatic rings. The summed E-state index contributed by atoms with van der Waals surface area (Å²) < 4.78 is 35.5. The number of hydrogen-bond donors (Lipinski definition) is 9. The van der Waals surface area contributed by atoms with E-state index in [1.807, 2.05) is 12.3 Å². The van der Waals surface area contributed by atoms with Crippen molar-refractivity contribution in [3.05, 3.63) is 77.5 Å². The van der Waals surface area contributed by atoms with Crippen molar-refractivity contribution < 1.29 is 72.3 Å². The molecule has 2 aromatic carbocycles. The number of unbranched alkanes of at least 4 members (excludes halogenated alkanes) is 2. The molecule has 2 aromatic heterocycles. The van der Waals surface area contributed by atoms with Gasteiger partial charge in [-0.25, -0.2) is 4.98 Å². The summed E-state index contributed by atoms with van der Waals surface area (Å²) in [5.74, 6) is -0.0978. The van der Waals surface area contributed by atoms with E-state index in [0.717, 1.165) is 91.3 Å². The minimum Gasteiger partial charge on any atom is 0.0775 e. The quantitative estimate of drug-likeness (QED) is 0.0208. The fourth-order valence-corrected chi connectivity index (χ4v) is 9.48. The Morgan fingerprint density at radius 3 is 2.36 bits per heavy atom. The number of fused-ring (bicyclic) bond motifs is 1. The molecule has 1 unspecified atom stereocenters. The molecule has 0 saturated carbocycles. The predicted molar refractivity (Wildman–Crippen MR) is 280 cm³/mol. The fraction of sp³-hybridized carbons (Fsp3) is 0.520. The van der Waals surface area contributed by atoms with Crippen LogP contribution in [-0.4, -0.2) is 188 Å². The molecule has 3 aliphatic heterocycles. The van der Waals surface area contributed by atoms with Crippen LogP contribution in [-0.2, 0) is 57.4 Å². The number of nitrogens with two attached hydrogens (primary N) is 1. The Labute approximate surface area is 440 Å². The Hall–Kier alpha value is -5.93. The maximum absolute atomic E-state index is 13.1. The first-order valence-electron chi connectivity index (χ1n) is 25.4. The number of methoxy groups -OCH3 is 1. The summed E-state index contributed by atoms with van der Waals surface area (Å²) in [7, 11) is -2.97. The average molecular weight is 1080 g/mol. The van der Waals surface area contributed by atoms with Crippen LogP contribution in [0.25, 0.3) is 11.0 Å². The molecule has 25 nitrogen and oxygen atoms in total. The number of ether oxygens (including phenoxy) is 4. The third-order valence-corrected chi connectivity index (χ3v) is 14.0. The van der Waals surface area contributed by atoms with Crippen molar-refractivity contribution in [3.8, 4) is 11.5 Å². The second kappa shape index (κ2) is 27.9. The van der Waals surface area contributed by atoms with Crippen LogP contribution in [0.4, 0.5) is 17.5 Å². The summed E-state index contributed by atoms with van der Waals surface area (Å²) in [4.78, 5) is 84.8. The minimum atomic E-state index is -4.64. The Kier molecular flexibility index (Phi) is 21.2. The van der Waals surface area contributed by atoms with Crippen molar-refractivity contribution >= 4 is 60.3 Å². The topological polar surface area (TPSA) is 327 Å². The van der Waals surface area contributed by atoms with Gasteiger partial charge in [0.05, 0.1) is 38.9 Å². The summed E-state index contributed by atoms with van der Waals surface area (Å²) >= 11 is 0. The smallest absolute Gasteiger partial charge is 0.0775 e. The van der Waals surface area contributed by atoms with E-state index in [2.05, 4.69) is 65.4 Å². The summed E-state index contributed by atoms with van der Waals surface area (Å²) in [6, 6.07) is 12.6. The van der Waals surface area contributed by atoms with E-state index in [-0.39, 0.29) is 76.4 Å². The first kappa shape index (κ1) is 57.8. The molecule has 0 radical (unpaired) electrons. The average Bonchev–Trinajstić information content (AvgIpc) is 3.96. The van der Waals surface area contributed by atoms with Crippen LogP contribution in [0.3, 0.4) is 0 Å². The summed E-state index contributed by atoms with van der Waals surface area (Å²) in [6.45, 7) is 7.06. The summed E-state index contributed by atoms with van der Waals surface area (Å²) in [5.41, 5.74) is 10.2. The molecular weight excluding hydrogens is 1010 g/mol. The van der Waals surface area contributed by atoms with Crippen molar-refractivity contribution in [2.75, 3.05) is 102 Å². The molecule has 26 heteroatoms. The van der Waals surface area contributed by atoms with Crippen molar-refractivity contribution in [1.29, 1.82) is 0 Å². The zero-order valence-electron chi connectivity index (χ0n) is 42.8. The van der Waals surface area contributed by atoms with Gasteiger partial charge in [-0.1, -0.05) is 19.8 Å². The Morgan fingerprint density at radius 1 is 0.829 bits per heavy atom. The maximum atomic E-state index is 13.1. The molecule has 0 aliphatic carbocycles. The van der Waals surface area contributed by atoms with Crippen LogP contribution >= 0.6 is 8.17 Å². The number of hydrogen-bond acceptors (Lipinski definition) is 21. The van der Waals surface area contributed by atoms with Gasteiger partial charge in [-0.15, -0.1) is 0 Å². The Balaban J connectivity index is 0.846. The van der Waals surface area contributed by atoms with Crippen LogP contribution < -0.4 is 31.2 Å². The number of aliphatic hydroxyl groups excluding tert-OH is 3. The number of benzene rings is 2. The van der Waals surface area contributed by atoms with Crippen LogP contribution in [0.15, 0.2) is 60.8 Å². The number of rotatable bonds is 29. The molecular formula is C50H71N10O15P. The van der Waals surface area contributed by atoms with Crippen molar-refractivity contribution in [1.82, 2.24) is 34.6 Å². The standard InChI is InChI=1S/C50H71N10O15P/c1-3-4-5-15-53-48-45-36(55-50(51)56-48)13-17-59(45)30-35-8-6-33(28-40(35)70-2)29-58-20-18-57(19-21-58)22-26-73-76(68,69)74-31-34-7-9-39(75-49-47(67)46(66)38(61)32-72-49)37(27-34)54-42(63)12-16-52-41(62)14-24-71-25-23-60-43(64)10-11-44(60)65/h6-11,13,17,27-28,38,46-47,49,61,66-69,76H,3-5,12,14-16,18-26,29-32H2,1-2H3,(H,52,62)(H,54,63)(H3,51,53,55,56)/t38?,46-,47+,49-/m0/s1. The molecule has 4 amide bonds. The molecule has 7 rings (SSSR count). The third-order valence-electron chi connectivity index (χ3n) is 12.9. The van der Waals surface area contributed by atoms with Crippen molar-refractivity contribution in [2.45, 2.75) is 83.3 Å². The van der Waals surface area contributed by atoms with Crippen LogP contribution in [0.2, 0.25) is 0 Å². The number of piperazine rings is 1. The van der Waals surface area contributed by atoms with Gasteiger partial charge in [0.2, 0.25) is 5.95 Å². The van der Waals surface area contributed by atoms with E-state index in [0.29, 0.717) is 24.5 Å². The van der Waals surface area contributed by atoms with Crippen molar-refractivity contribution in [2.24, 2.45) is 0 Å². The van der Waals surface area contributed by atoms with Gasteiger partial charge < -0.3 is 20.4 Å². The van der Waals surface area contributed by atoms with E-state index >= 15 is 0 Å². The molecule has 4 atom stereocenters. The number of carbonyl (C=O) groups excluding carboxylic acids is 4. The number of imide groups is 1. The van der Waals surface area contributed by atoms with Gasteiger partial charge in [0.15, 0.2) is 5.82 Å². The Bertz CT molecular complexity index is 2620. The summed E-state index contributed by atoms with van der Waals surface area (Å²) in [5, 5.41) is 39.3. The number of amides is 4. The van der Waals surface area contributed by atoms with Gasteiger partial charge in [0.1, 0.15) is 5.52 Å². The van der Waals surface area contributed by atoms with Crippen LogP contribution in [0, 0.1) is 0 Å². The normalized spacial score (nSPS) is 19.6. The van der Waals surface area contributed by atoms with Gasteiger partial charge in [0, 0.05) is 24.9 Å². The Morgan fingerprint density at radius 2 is 1.59 bits per heavy atom. The SMILES string of the molecule is CCCCCNc1nc(N)nc2ccn(Cc3ccc(CN4CCN(CCO[PH](O)(O)OCc5ccc(O[C@@H]6OCC(O)[C@H](O)[C@H]6O)c(NC(=O)CCNC(=O)CCOCCN6C(=O)C=CC6=O)c5)CC4)cc3OC)c12. The molecule has 0 bridgehead atoms.